The maximum absolute atomic E-state index is 11.8. The lowest BCUT2D eigenvalue weighted by Gasteiger charge is -2.17. The molecule has 0 saturated carbocycles. The molecule has 1 heterocycles. The number of Topliss-reactive ketones (excluding diaryl/α,β-unsaturated/α-hetero) is 1. The van der Waals surface area contributed by atoms with Gasteiger partial charge in [-0.3, -0.25) is 9.59 Å². The van der Waals surface area contributed by atoms with Gasteiger partial charge in [0.15, 0.2) is 0 Å². The van der Waals surface area contributed by atoms with Crippen molar-refractivity contribution in [1.29, 1.82) is 0 Å². The van der Waals surface area contributed by atoms with E-state index in [2.05, 4.69) is 6.58 Å². The van der Waals surface area contributed by atoms with Crippen molar-refractivity contribution < 1.29 is 9.59 Å². The first-order valence-corrected chi connectivity index (χ1v) is 5.69. The SMILES string of the molecule is C=C(C)CCN1C(=O)C(=O)c2cccc(Cl)c21. The Bertz CT molecular complexity index is 522. The molecule has 0 aliphatic carbocycles. The maximum atomic E-state index is 11.8. The average Bonchev–Trinajstić information content (AvgIpc) is 2.52. The van der Waals surface area contributed by atoms with Gasteiger partial charge in [-0.1, -0.05) is 23.2 Å². The van der Waals surface area contributed by atoms with E-state index in [0.717, 1.165) is 5.57 Å². The number of anilines is 1. The first-order chi connectivity index (χ1) is 8.02. The van der Waals surface area contributed by atoms with Crippen LogP contribution in [0.4, 0.5) is 5.69 Å². The number of carbonyl (C=O) groups excluding carboxylic acids is 2. The third kappa shape index (κ3) is 1.98. The molecule has 0 fully saturated rings. The summed E-state index contributed by atoms with van der Waals surface area (Å²) in [5.74, 6) is -0.987. The van der Waals surface area contributed by atoms with E-state index in [1.54, 1.807) is 18.2 Å². The number of carbonyl (C=O) groups is 2. The fourth-order valence-corrected chi connectivity index (χ4v) is 2.10. The molecule has 0 atom stereocenters. The molecule has 0 radical (unpaired) electrons. The van der Waals surface area contributed by atoms with Crippen molar-refractivity contribution in [3.05, 3.63) is 40.9 Å². The number of halogens is 1. The Balaban J connectivity index is 2.40. The van der Waals surface area contributed by atoms with E-state index in [1.807, 2.05) is 6.92 Å². The second-order valence-corrected chi connectivity index (χ2v) is 4.54. The molecule has 88 valence electrons. The van der Waals surface area contributed by atoms with E-state index in [9.17, 15) is 9.59 Å². The van der Waals surface area contributed by atoms with Gasteiger partial charge in [0.25, 0.3) is 11.7 Å². The third-order valence-electron chi connectivity index (χ3n) is 2.70. The predicted octanol–water partition coefficient (Wildman–Crippen LogP) is 2.84. The van der Waals surface area contributed by atoms with E-state index in [-0.39, 0.29) is 0 Å². The lowest BCUT2D eigenvalue weighted by atomic mass is 10.1. The quantitative estimate of drug-likeness (QED) is 0.610. The van der Waals surface area contributed by atoms with Crippen LogP contribution in [-0.2, 0) is 4.79 Å². The van der Waals surface area contributed by atoms with Crippen LogP contribution in [0.1, 0.15) is 23.7 Å². The summed E-state index contributed by atoms with van der Waals surface area (Å²) in [7, 11) is 0. The molecule has 1 aromatic rings. The number of ketones is 1. The van der Waals surface area contributed by atoms with Gasteiger partial charge in [0.2, 0.25) is 0 Å². The molecule has 4 heteroatoms. The number of nitrogens with zero attached hydrogens (tertiary/aromatic N) is 1. The number of amides is 1. The Hall–Kier alpha value is -1.61. The van der Waals surface area contributed by atoms with Crippen molar-refractivity contribution in [1.82, 2.24) is 0 Å². The van der Waals surface area contributed by atoms with Crippen LogP contribution in [0.25, 0.3) is 0 Å². The van der Waals surface area contributed by atoms with Crippen LogP contribution in [0.5, 0.6) is 0 Å². The summed E-state index contributed by atoms with van der Waals surface area (Å²) < 4.78 is 0. The number of benzene rings is 1. The van der Waals surface area contributed by atoms with Gasteiger partial charge < -0.3 is 4.90 Å². The van der Waals surface area contributed by atoms with Crippen molar-refractivity contribution >= 4 is 29.0 Å². The van der Waals surface area contributed by atoms with Gasteiger partial charge in [0, 0.05) is 6.54 Å². The molecule has 0 unspecified atom stereocenters. The second-order valence-electron chi connectivity index (χ2n) is 4.13. The number of fused-ring (bicyclic) bond motifs is 1. The summed E-state index contributed by atoms with van der Waals surface area (Å²) in [6.45, 7) is 6.11. The molecular formula is C13H12ClNO2. The lowest BCUT2D eigenvalue weighted by molar-refractivity contribution is -0.114. The molecule has 1 aromatic carbocycles. The first kappa shape index (κ1) is 11.9. The molecule has 3 nitrogen and oxygen atoms in total. The summed E-state index contributed by atoms with van der Waals surface area (Å²) in [5, 5.41) is 0.434. The van der Waals surface area contributed by atoms with Crippen LogP contribution in [0.15, 0.2) is 30.4 Å². The third-order valence-corrected chi connectivity index (χ3v) is 3.01. The zero-order valence-electron chi connectivity index (χ0n) is 9.50. The fraction of sp³-hybridized carbons (Fsp3) is 0.231. The normalized spacial score (nSPS) is 14.1. The number of rotatable bonds is 3. The number of hydrogen-bond acceptors (Lipinski definition) is 2. The van der Waals surface area contributed by atoms with Crippen molar-refractivity contribution in [3.8, 4) is 0 Å². The summed E-state index contributed by atoms with van der Waals surface area (Å²) in [5.41, 5.74) is 1.89. The molecule has 1 aliphatic heterocycles. The number of hydrogen-bond donors (Lipinski definition) is 0. The smallest absolute Gasteiger partial charge is 0.299 e. The molecule has 2 rings (SSSR count). The van der Waals surface area contributed by atoms with Crippen LogP contribution in [-0.4, -0.2) is 18.2 Å². The highest BCUT2D eigenvalue weighted by molar-refractivity contribution is 6.54. The van der Waals surface area contributed by atoms with Crippen LogP contribution in [0.3, 0.4) is 0 Å². The number of para-hydroxylation sites is 1. The minimum atomic E-state index is -0.505. The molecule has 1 amide bonds. The van der Waals surface area contributed by atoms with Crippen molar-refractivity contribution in [2.75, 3.05) is 11.4 Å². The standard InChI is InChI=1S/C13H12ClNO2/c1-8(2)6-7-15-11-9(12(16)13(15)17)4-3-5-10(11)14/h3-5H,1,6-7H2,2H3. The Morgan fingerprint density at radius 2 is 2.12 bits per heavy atom. The van der Waals surface area contributed by atoms with Crippen LogP contribution < -0.4 is 4.90 Å². The molecule has 1 aliphatic rings. The highest BCUT2D eigenvalue weighted by Gasteiger charge is 2.36. The molecule has 0 aromatic heterocycles. The van der Waals surface area contributed by atoms with Gasteiger partial charge in [-0.15, -0.1) is 6.58 Å². The van der Waals surface area contributed by atoms with Gasteiger partial charge in [0.1, 0.15) is 0 Å². The Kier molecular flexibility index (Phi) is 3.03. The summed E-state index contributed by atoms with van der Waals surface area (Å²) in [6.07, 6.45) is 0.656. The van der Waals surface area contributed by atoms with Crippen molar-refractivity contribution in [2.45, 2.75) is 13.3 Å². The van der Waals surface area contributed by atoms with Gasteiger partial charge in [-0.05, 0) is 25.5 Å². The molecule has 0 spiro atoms. The topological polar surface area (TPSA) is 37.4 Å². The minimum Gasteiger partial charge on any atom is -0.303 e. The minimum absolute atomic E-state index is 0.393. The lowest BCUT2D eigenvalue weighted by Crippen LogP contribution is -2.30. The zero-order chi connectivity index (χ0) is 12.6. The highest BCUT2D eigenvalue weighted by atomic mass is 35.5. The van der Waals surface area contributed by atoms with Crippen molar-refractivity contribution in [3.63, 3.8) is 0 Å². The highest BCUT2D eigenvalue weighted by Crippen LogP contribution is 2.35. The summed E-state index contributed by atoms with van der Waals surface area (Å²) in [4.78, 5) is 25.0. The van der Waals surface area contributed by atoms with E-state index in [1.165, 1.54) is 4.90 Å². The Labute approximate surface area is 105 Å². The largest absolute Gasteiger partial charge is 0.303 e. The molecule has 0 N–H and O–H groups in total. The zero-order valence-corrected chi connectivity index (χ0v) is 10.3. The Morgan fingerprint density at radius 1 is 1.41 bits per heavy atom. The average molecular weight is 250 g/mol. The summed E-state index contributed by atoms with van der Waals surface area (Å²) >= 11 is 6.04. The van der Waals surface area contributed by atoms with E-state index in [4.69, 9.17) is 11.6 Å². The maximum Gasteiger partial charge on any atom is 0.299 e. The Morgan fingerprint density at radius 3 is 2.76 bits per heavy atom. The van der Waals surface area contributed by atoms with Crippen LogP contribution in [0.2, 0.25) is 5.02 Å². The van der Waals surface area contributed by atoms with Crippen LogP contribution >= 0.6 is 11.6 Å². The van der Waals surface area contributed by atoms with E-state index < -0.39 is 11.7 Å². The van der Waals surface area contributed by atoms with Gasteiger partial charge >= 0.3 is 0 Å². The molecule has 0 saturated heterocycles. The second kappa shape index (κ2) is 4.34. The van der Waals surface area contributed by atoms with Crippen LogP contribution in [0, 0.1) is 0 Å². The fourth-order valence-electron chi connectivity index (χ4n) is 1.83. The molecule has 17 heavy (non-hydrogen) atoms. The van der Waals surface area contributed by atoms with Crippen molar-refractivity contribution in [2.24, 2.45) is 0 Å². The predicted molar refractivity (Wildman–Crippen MR) is 67.6 cm³/mol. The summed E-state index contributed by atoms with van der Waals surface area (Å²) in [6, 6.07) is 4.98. The molecule has 0 bridgehead atoms. The van der Waals surface area contributed by atoms with Gasteiger partial charge in [-0.2, -0.15) is 0 Å². The van der Waals surface area contributed by atoms with E-state index in [0.29, 0.717) is 29.2 Å². The first-order valence-electron chi connectivity index (χ1n) is 5.31. The monoisotopic (exact) mass is 249 g/mol. The van der Waals surface area contributed by atoms with Gasteiger partial charge in [-0.25, -0.2) is 0 Å². The van der Waals surface area contributed by atoms with Gasteiger partial charge in [0.05, 0.1) is 16.3 Å². The van der Waals surface area contributed by atoms with E-state index >= 15 is 0 Å². The molecular weight excluding hydrogens is 238 g/mol.